The molecule has 1 aromatic heterocycles. The molecule has 1 saturated heterocycles. The van der Waals surface area contributed by atoms with Gasteiger partial charge in [0.2, 0.25) is 0 Å². The van der Waals surface area contributed by atoms with Gasteiger partial charge in [0.05, 0.1) is 17.1 Å². The molecule has 0 spiro atoms. The molecule has 2 fully saturated rings. The van der Waals surface area contributed by atoms with Crippen LogP contribution in [0.1, 0.15) is 35.2 Å². The minimum Gasteiger partial charge on any atom is -0.483 e. The number of anilines is 1. The quantitative estimate of drug-likeness (QED) is 0.172. The Labute approximate surface area is 245 Å². The van der Waals surface area contributed by atoms with Crippen molar-refractivity contribution < 1.29 is 25.1 Å². The van der Waals surface area contributed by atoms with Crippen LogP contribution in [0.4, 0.5) is 11.5 Å². The van der Waals surface area contributed by atoms with Crippen LogP contribution >= 0.6 is 34.8 Å². The molecule has 9 nitrogen and oxygen atoms in total. The molecule has 2 heterocycles. The largest absolute Gasteiger partial charge is 0.483 e. The summed E-state index contributed by atoms with van der Waals surface area (Å²) in [6.45, 7) is 0.906. The number of aliphatic hydroxyl groups is 1. The highest BCUT2D eigenvalue weighted by Gasteiger charge is 2.40. The number of para-hydroxylation sites is 1. The fourth-order valence-corrected chi connectivity index (χ4v) is 5.68. The molecular formula is C28H27Cl3N5O4+. The van der Waals surface area contributed by atoms with Gasteiger partial charge in [0, 0.05) is 24.2 Å². The van der Waals surface area contributed by atoms with E-state index in [1.165, 1.54) is 12.3 Å². The highest BCUT2D eigenvalue weighted by atomic mass is 35.5. The van der Waals surface area contributed by atoms with E-state index in [0.717, 1.165) is 12.8 Å². The number of hydrogen-bond donors (Lipinski definition) is 4. The molecule has 5 N–H and O–H groups in total. The van der Waals surface area contributed by atoms with Crippen molar-refractivity contribution in [1.29, 1.82) is 5.53 Å². The first-order chi connectivity index (χ1) is 19.2. The number of allylic oxidation sites excluding steroid dienone is 1. The third-order valence-corrected chi connectivity index (χ3v) is 8.11. The lowest BCUT2D eigenvalue weighted by Crippen LogP contribution is -2.77. The van der Waals surface area contributed by atoms with Gasteiger partial charge < -0.3 is 19.8 Å². The molecule has 0 amide bonds. The number of benzene rings is 2. The van der Waals surface area contributed by atoms with E-state index >= 15 is 0 Å². The average molecular weight is 604 g/mol. The summed E-state index contributed by atoms with van der Waals surface area (Å²) >= 11 is 19.4. The van der Waals surface area contributed by atoms with Crippen LogP contribution in [0, 0.1) is 11.4 Å². The van der Waals surface area contributed by atoms with E-state index < -0.39 is 11.6 Å². The fourth-order valence-electron chi connectivity index (χ4n) is 4.83. The van der Waals surface area contributed by atoms with Crippen molar-refractivity contribution in [3.8, 4) is 5.75 Å². The van der Waals surface area contributed by atoms with Gasteiger partial charge in [-0.3, -0.25) is 5.32 Å². The van der Waals surface area contributed by atoms with Crippen molar-refractivity contribution >= 4 is 52.3 Å². The lowest BCUT2D eigenvalue weighted by Gasteiger charge is -2.25. The Morgan fingerprint density at radius 2 is 1.90 bits per heavy atom. The molecule has 1 unspecified atom stereocenters. The smallest absolute Gasteiger partial charge is 0.337 e. The molecule has 40 heavy (non-hydrogen) atoms. The number of halogens is 3. The lowest BCUT2D eigenvalue weighted by atomic mass is 9.93. The van der Waals surface area contributed by atoms with Crippen molar-refractivity contribution in [3.63, 3.8) is 0 Å². The number of nitrogens with one attached hydrogen (secondary N) is 1. The predicted molar refractivity (Wildman–Crippen MR) is 152 cm³/mol. The normalized spacial score (nSPS) is 19.4. The Morgan fingerprint density at radius 1 is 1.15 bits per heavy atom. The number of carboxylic acid groups (broad SMARTS) is 1. The Bertz CT molecular complexity index is 1460. The summed E-state index contributed by atoms with van der Waals surface area (Å²) in [5, 5.41) is 27.5. The second kappa shape index (κ2) is 11.7. The van der Waals surface area contributed by atoms with Gasteiger partial charge >= 0.3 is 5.97 Å². The molecule has 1 saturated carbocycles. The molecule has 1 atom stereocenters. The molecule has 2 aliphatic rings. The van der Waals surface area contributed by atoms with E-state index in [2.05, 4.69) is 10.1 Å². The lowest BCUT2D eigenvalue weighted by molar-refractivity contribution is -0.522. The predicted octanol–water partition coefficient (Wildman–Crippen LogP) is 5.76. The summed E-state index contributed by atoms with van der Waals surface area (Å²) in [6, 6.07) is 13.5. The van der Waals surface area contributed by atoms with Crippen LogP contribution in [0.25, 0.3) is 0 Å². The maximum absolute atomic E-state index is 11.5. The Hall–Kier alpha value is -3.21. The highest BCUT2D eigenvalue weighted by Crippen LogP contribution is 2.40. The number of nitrogens with zero attached hydrogens (tertiary/aromatic N) is 3. The van der Waals surface area contributed by atoms with Crippen molar-refractivity contribution in [2.45, 2.75) is 24.9 Å². The third kappa shape index (κ3) is 6.09. The fraction of sp³-hybridized carbons (Fsp3) is 0.286. The van der Waals surface area contributed by atoms with Crippen LogP contribution in [-0.4, -0.2) is 40.9 Å². The highest BCUT2D eigenvalue weighted by molar-refractivity contribution is 6.38. The SMILES string of the molecule is N=NC(=C(COc1ccc(C2(O)CCN(c3ccc(C(=O)O)cn3)C2)c(Cl)c1)[NH2+]c1c(Cl)cccc1Cl)C1CC1. The average Bonchev–Trinajstić information content (AvgIpc) is 3.69. The maximum atomic E-state index is 11.5. The standard InChI is InChI=1S/C28H26Cl3N5O4/c29-20-2-1-3-21(30)26(20)34-23(25(35-32)16-4-5-16)14-40-18-7-8-19(22(31)12-18)28(39)10-11-36(15-28)24-9-6-17(13-33-24)27(37)38/h1-3,6-9,12-13,16,32,34,39H,4-5,10-11,14-15H2,(H,37,38)/p+1. The number of ether oxygens (including phenoxy) is 1. The van der Waals surface area contributed by atoms with Crippen LogP contribution in [0.3, 0.4) is 0 Å². The second-order valence-electron chi connectivity index (χ2n) is 9.92. The molecule has 0 bridgehead atoms. The summed E-state index contributed by atoms with van der Waals surface area (Å²) in [6.07, 6.45) is 3.64. The maximum Gasteiger partial charge on any atom is 0.337 e. The molecule has 0 radical (unpaired) electrons. The summed E-state index contributed by atoms with van der Waals surface area (Å²) in [7, 11) is 0. The Morgan fingerprint density at radius 3 is 2.50 bits per heavy atom. The zero-order chi connectivity index (χ0) is 28.4. The molecular weight excluding hydrogens is 577 g/mol. The van der Waals surface area contributed by atoms with Gasteiger partial charge in [-0.15, -0.1) is 0 Å². The summed E-state index contributed by atoms with van der Waals surface area (Å²) in [5.41, 5.74) is 9.18. The van der Waals surface area contributed by atoms with Crippen LogP contribution in [0.5, 0.6) is 5.75 Å². The first-order valence-electron chi connectivity index (χ1n) is 12.7. The summed E-state index contributed by atoms with van der Waals surface area (Å²) in [4.78, 5) is 17.2. The number of carbonyl (C=O) groups is 1. The van der Waals surface area contributed by atoms with E-state index in [-0.39, 0.29) is 24.6 Å². The first kappa shape index (κ1) is 28.3. The number of quaternary nitrogens is 1. The van der Waals surface area contributed by atoms with Gasteiger partial charge in [-0.1, -0.05) is 46.9 Å². The topological polar surface area (TPSA) is 136 Å². The zero-order valence-electron chi connectivity index (χ0n) is 21.3. The number of aromatic carboxylic acids is 1. The zero-order valence-corrected chi connectivity index (χ0v) is 23.5. The van der Waals surface area contributed by atoms with E-state index in [0.29, 0.717) is 62.2 Å². The van der Waals surface area contributed by atoms with Crippen LogP contribution in [-0.2, 0) is 5.60 Å². The number of rotatable bonds is 10. The Balaban J connectivity index is 1.31. The van der Waals surface area contributed by atoms with E-state index in [4.69, 9.17) is 50.2 Å². The molecule has 208 valence electrons. The van der Waals surface area contributed by atoms with Crippen LogP contribution in [0.2, 0.25) is 15.1 Å². The molecule has 5 rings (SSSR count). The van der Waals surface area contributed by atoms with Gasteiger partial charge in [-0.05, 0) is 55.7 Å². The molecule has 1 aliphatic heterocycles. The van der Waals surface area contributed by atoms with E-state index in [1.54, 1.807) is 42.5 Å². The van der Waals surface area contributed by atoms with Gasteiger partial charge in [0.15, 0.2) is 18.0 Å². The number of nitrogens with two attached hydrogens (primary N) is 1. The van der Waals surface area contributed by atoms with Crippen LogP contribution < -0.4 is 15.0 Å². The first-order valence-corrected chi connectivity index (χ1v) is 13.8. The van der Waals surface area contributed by atoms with Crippen molar-refractivity contribution in [3.05, 3.63) is 92.3 Å². The molecule has 1 aliphatic carbocycles. The van der Waals surface area contributed by atoms with Crippen molar-refractivity contribution in [2.75, 3.05) is 24.6 Å². The number of pyridine rings is 1. The minimum absolute atomic E-state index is 0.100. The summed E-state index contributed by atoms with van der Waals surface area (Å²) < 4.78 is 6.08. The third-order valence-electron chi connectivity index (χ3n) is 7.13. The number of hydrogen-bond acceptors (Lipinski definition) is 7. The van der Waals surface area contributed by atoms with Crippen molar-refractivity contribution in [1.82, 2.24) is 4.98 Å². The van der Waals surface area contributed by atoms with E-state index in [1.807, 2.05) is 10.2 Å². The minimum atomic E-state index is -1.22. The molecule has 2 aromatic carbocycles. The second-order valence-corrected chi connectivity index (χ2v) is 11.1. The Kier molecular flexibility index (Phi) is 8.30. The molecule has 3 aromatic rings. The van der Waals surface area contributed by atoms with Gasteiger partial charge in [0.25, 0.3) is 0 Å². The summed E-state index contributed by atoms with van der Waals surface area (Å²) in [5.74, 6) is 0.234. The monoisotopic (exact) mass is 602 g/mol. The van der Waals surface area contributed by atoms with Gasteiger partial charge in [0.1, 0.15) is 32.9 Å². The van der Waals surface area contributed by atoms with Gasteiger partial charge in [-0.25, -0.2) is 15.3 Å². The van der Waals surface area contributed by atoms with E-state index in [9.17, 15) is 9.90 Å². The van der Waals surface area contributed by atoms with Crippen LogP contribution in [0.15, 0.2) is 71.2 Å². The number of carboxylic acids is 1. The number of β-amino-alcohol motifs (C(OH)–C–C–N with tert-alkyl or cyclic N) is 1. The number of aromatic nitrogens is 1. The van der Waals surface area contributed by atoms with Gasteiger partial charge in [-0.2, -0.15) is 5.11 Å². The van der Waals surface area contributed by atoms with Crippen molar-refractivity contribution in [2.24, 2.45) is 11.0 Å². The molecule has 12 heteroatoms.